The molecular weight excluding hydrogens is 342 g/mol. The van der Waals surface area contributed by atoms with Crippen molar-refractivity contribution in [2.45, 2.75) is 32.6 Å². The summed E-state index contributed by atoms with van der Waals surface area (Å²) in [5.41, 5.74) is 1.73. The van der Waals surface area contributed by atoms with Crippen molar-refractivity contribution in [2.75, 3.05) is 32.2 Å². The van der Waals surface area contributed by atoms with Crippen molar-refractivity contribution in [2.24, 2.45) is 5.92 Å². The van der Waals surface area contributed by atoms with Gasteiger partial charge in [0.1, 0.15) is 23.6 Å². The number of ketones is 1. The molecule has 0 aliphatic carbocycles. The van der Waals surface area contributed by atoms with Crippen molar-refractivity contribution in [3.05, 3.63) is 41.9 Å². The molecule has 0 saturated carbocycles. The number of carbonyl (C=O) groups excluding carboxylic acids is 1. The highest BCUT2D eigenvalue weighted by Crippen LogP contribution is 2.32. The van der Waals surface area contributed by atoms with E-state index in [0.29, 0.717) is 29.5 Å². The van der Waals surface area contributed by atoms with Gasteiger partial charge in [-0.25, -0.2) is 9.97 Å². The summed E-state index contributed by atoms with van der Waals surface area (Å²) < 4.78 is 10.7. The summed E-state index contributed by atoms with van der Waals surface area (Å²) >= 11 is 0. The second kappa shape index (κ2) is 8.37. The molecule has 2 aromatic rings. The molecule has 6 heteroatoms. The number of ether oxygens (including phenoxy) is 2. The second-order valence-corrected chi connectivity index (χ2v) is 7.17. The third-order valence-electron chi connectivity index (χ3n) is 5.11. The first-order valence-electron chi connectivity index (χ1n) is 9.36. The smallest absolute Gasteiger partial charge is 0.171 e. The number of aromatic nitrogens is 2. The Morgan fingerprint density at radius 3 is 2.78 bits per heavy atom. The molecule has 0 amide bonds. The molecule has 1 fully saturated rings. The first-order chi connectivity index (χ1) is 13.0. The molecule has 27 heavy (non-hydrogen) atoms. The van der Waals surface area contributed by atoms with Crippen LogP contribution in [0, 0.1) is 5.92 Å². The van der Waals surface area contributed by atoms with Gasteiger partial charge >= 0.3 is 0 Å². The fourth-order valence-corrected chi connectivity index (χ4v) is 3.61. The van der Waals surface area contributed by atoms with E-state index < -0.39 is 0 Å². The van der Waals surface area contributed by atoms with Crippen LogP contribution in [-0.2, 0) is 0 Å². The quantitative estimate of drug-likeness (QED) is 0.723. The number of carbonyl (C=O) groups is 1. The monoisotopic (exact) mass is 369 g/mol. The first kappa shape index (κ1) is 19.1. The van der Waals surface area contributed by atoms with E-state index in [2.05, 4.69) is 28.7 Å². The third kappa shape index (κ3) is 4.04. The summed E-state index contributed by atoms with van der Waals surface area (Å²) in [5.74, 6) is 2.53. The highest BCUT2D eigenvalue weighted by molar-refractivity contribution is 6.01. The molecule has 2 heterocycles. The van der Waals surface area contributed by atoms with Crippen LogP contribution < -0.4 is 14.4 Å². The topological polar surface area (TPSA) is 64.5 Å². The Hall–Kier alpha value is -2.63. The van der Waals surface area contributed by atoms with E-state index in [-0.39, 0.29) is 11.7 Å². The van der Waals surface area contributed by atoms with Gasteiger partial charge in [-0.2, -0.15) is 0 Å². The van der Waals surface area contributed by atoms with E-state index in [4.69, 9.17) is 9.47 Å². The average molecular weight is 369 g/mol. The zero-order valence-electron chi connectivity index (χ0n) is 16.4. The van der Waals surface area contributed by atoms with Gasteiger partial charge in [-0.3, -0.25) is 4.79 Å². The molecule has 144 valence electrons. The zero-order valence-corrected chi connectivity index (χ0v) is 16.4. The van der Waals surface area contributed by atoms with Gasteiger partial charge in [-0.1, -0.05) is 13.8 Å². The normalized spacial score (nSPS) is 17.1. The standard InChI is InChI=1S/C21H27N3O3/c1-14(2)18-11-22-13-23-21(18)24-9-5-6-15(12-24)20(25)17-8-7-16(26-3)10-19(17)27-4/h7-8,10-11,13-15H,5-6,9,12H2,1-4H3/t15-/m1/s1. The molecule has 1 saturated heterocycles. The lowest BCUT2D eigenvalue weighted by Gasteiger charge is -2.34. The summed E-state index contributed by atoms with van der Waals surface area (Å²) in [7, 11) is 3.18. The van der Waals surface area contributed by atoms with Crippen LogP contribution in [0.15, 0.2) is 30.7 Å². The van der Waals surface area contributed by atoms with Crippen molar-refractivity contribution in [1.29, 1.82) is 0 Å². The van der Waals surface area contributed by atoms with Gasteiger partial charge in [-0.15, -0.1) is 0 Å². The highest BCUT2D eigenvalue weighted by atomic mass is 16.5. The zero-order chi connectivity index (χ0) is 19.4. The van der Waals surface area contributed by atoms with Gasteiger partial charge in [0.25, 0.3) is 0 Å². The van der Waals surface area contributed by atoms with E-state index in [1.54, 1.807) is 38.7 Å². The van der Waals surface area contributed by atoms with E-state index in [1.807, 2.05) is 6.20 Å². The minimum Gasteiger partial charge on any atom is -0.497 e. The lowest BCUT2D eigenvalue weighted by Crippen LogP contribution is -2.40. The summed E-state index contributed by atoms with van der Waals surface area (Å²) in [6.45, 7) is 5.83. The fourth-order valence-electron chi connectivity index (χ4n) is 3.61. The number of methoxy groups -OCH3 is 2. The molecule has 6 nitrogen and oxygen atoms in total. The largest absolute Gasteiger partial charge is 0.497 e. The number of hydrogen-bond donors (Lipinski definition) is 0. The van der Waals surface area contributed by atoms with Crippen molar-refractivity contribution in [3.63, 3.8) is 0 Å². The molecular formula is C21H27N3O3. The number of rotatable bonds is 6. The van der Waals surface area contributed by atoms with E-state index in [0.717, 1.165) is 30.8 Å². The Morgan fingerprint density at radius 1 is 1.26 bits per heavy atom. The van der Waals surface area contributed by atoms with Crippen LogP contribution in [0.3, 0.4) is 0 Å². The summed E-state index contributed by atoms with van der Waals surface area (Å²) in [6, 6.07) is 5.36. The van der Waals surface area contributed by atoms with Crippen LogP contribution in [0.4, 0.5) is 5.82 Å². The number of Topliss-reactive ketones (excluding diaryl/α,β-unsaturated/α-hetero) is 1. The van der Waals surface area contributed by atoms with Crippen molar-refractivity contribution in [1.82, 2.24) is 9.97 Å². The molecule has 0 N–H and O–H groups in total. The highest BCUT2D eigenvalue weighted by Gasteiger charge is 2.30. The average Bonchev–Trinajstić information content (AvgIpc) is 2.72. The molecule has 0 spiro atoms. The van der Waals surface area contributed by atoms with Gasteiger partial charge in [0.15, 0.2) is 5.78 Å². The van der Waals surface area contributed by atoms with E-state index in [1.165, 1.54) is 0 Å². The summed E-state index contributed by atoms with van der Waals surface area (Å²) in [6.07, 6.45) is 5.28. The first-order valence-corrected chi connectivity index (χ1v) is 9.36. The van der Waals surface area contributed by atoms with Gasteiger partial charge in [0.2, 0.25) is 0 Å². The maximum absolute atomic E-state index is 13.2. The molecule has 1 aliphatic heterocycles. The fraction of sp³-hybridized carbons (Fsp3) is 0.476. The SMILES string of the molecule is COc1ccc(C(=O)[C@@H]2CCCN(c3ncncc3C(C)C)C2)c(OC)c1. The lowest BCUT2D eigenvalue weighted by atomic mass is 9.89. The van der Waals surface area contributed by atoms with Crippen molar-refractivity contribution < 1.29 is 14.3 Å². The number of hydrogen-bond acceptors (Lipinski definition) is 6. The number of benzene rings is 1. The molecule has 1 aromatic heterocycles. The second-order valence-electron chi connectivity index (χ2n) is 7.17. The molecule has 1 aromatic carbocycles. The van der Waals surface area contributed by atoms with Crippen LogP contribution in [0.5, 0.6) is 11.5 Å². The van der Waals surface area contributed by atoms with Gasteiger partial charge < -0.3 is 14.4 Å². The Bertz CT molecular complexity index is 807. The van der Waals surface area contributed by atoms with E-state index >= 15 is 0 Å². The Morgan fingerprint density at radius 2 is 2.07 bits per heavy atom. The lowest BCUT2D eigenvalue weighted by molar-refractivity contribution is 0.0904. The van der Waals surface area contributed by atoms with Crippen molar-refractivity contribution >= 4 is 11.6 Å². The van der Waals surface area contributed by atoms with Crippen LogP contribution in [0.2, 0.25) is 0 Å². The molecule has 0 radical (unpaired) electrons. The number of nitrogens with zero attached hydrogens (tertiary/aromatic N) is 3. The van der Waals surface area contributed by atoms with Gasteiger partial charge in [0.05, 0.1) is 19.8 Å². The molecule has 1 atom stereocenters. The maximum atomic E-state index is 13.2. The van der Waals surface area contributed by atoms with Gasteiger partial charge in [0, 0.05) is 36.8 Å². The van der Waals surface area contributed by atoms with Crippen LogP contribution in [0.25, 0.3) is 0 Å². The number of anilines is 1. The molecule has 0 unspecified atom stereocenters. The number of piperidine rings is 1. The van der Waals surface area contributed by atoms with Crippen LogP contribution in [0.1, 0.15) is 48.5 Å². The Labute approximate surface area is 160 Å². The minimum absolute atomic E-state index is 0.0870. The van der Waals surface area contributed by atoms with E-state index in [9.17, 15) is 4.79 Å². The van der Waals surface area contributed by atoms with Gasteiger partial charge in [-0.05, 0) is 30.9 Å². The molecule has 0 bridgehead atoms. The van der Waals surface area contributed by atoms with Crippen LogP contribution in [-0.4, -0.2) is 43.1 Å². The Kier molecular flexibility index (Phi) is 5.94. The Balaban J connectivity index is 1.84. The predicted molar refractivity (Wildman–Crippen MR) is 105 cm³/mol. The summed E-state index contributed by atoms with van der Waals surface area (Å²) in [5, 5.41) is 0. The predicted octanol–water partition coefficient (Wildman–Crippen LogP) is 3.72. The van der Waals surface area contributed by atoms with Crippen LogP contribution >= 0.6 is 0 Å². The third-order valence-corrected chi connectivity index (χ3v) is 5.11. The minimum atomic E-state index is -0.0870. The summed E-state index contributed by atoms with van der Waals surface area (Å²) in [4.78, 5) is 24.1. The van der Waals surface area contributed by atoms with Crippen molar-refractivity contribution in [3.8, 4) is 11.5 Å². The maximum Gasteiger partial charge on any atom is 0.171 e. The molecule has 1 aliphatic rings. The molecule has 3 rings (SSSR count).